The van der Waals surface area contributed by atoms with Crippen molar-refractivity contribution in [1.29, 1.82) is 0 Å². The first kappa shape index (κ1) is 13.1. The molecule has 1 aromatic carbocycles. The third kappa shape index (κ3) is 2.89. The van der Waals surface area contributed by atoms with Crippen LogP contribution in [-0.4, -0.2) is 22.1 Å². The zero-order valence-corrected chi connectivity index (χ0v) is 12.4. The number of nitrogens with one attached hydrogen (secondary N) is 1. The lowest BCUT2D eigenvalue weighted by Gasteiger charge is -2.24. The number of hydrogen-bond acceptors (Lipinski definition) is 4. The molecule has 1 aliphatic heterocycles. The van der Waals surface area contributed by atoms with E-state index < -0.39 is 0 Å². The number of nitrogens with zero attached hydrogens (tertiary/aromatic N) is 1. The number of anilines is 1. The fourth-order valence-corrected chi connectivity index (χ4v) is 5.03. The monoisotopic (exact) mass is 284 g/mol. The van der Waals surface area contributed by atoms with Gasteiger partial charge in [0.1, 0.15) is 9.03 Å². The lowest BCUT2D eigenvalue weighted by Crippen LogP contribution is -2.30. The fraction of sp³-hybridized carbons (Fsp3) is 0.417. The highest BCUT2D eigenvalue weighted by atomic mass is 32.2. The summed E-state index contributed by atoms with van der Waals surface area (Å²) < 4.78 is 1.25. The van der Waals surface area contributed by atoms with Crippen LogP contribution in [0.1, 0.15) is 13.8 Å². The maximum Gasteiger partial charge on any atom is 0.136 e. The molecule has 1 heterocycles. The average Bonchev–Trinajstić information content (AvgIpc) is 2.66. The Morgan fingerprint density at radius 2 is 2.24 bits per heavy atom. The van der Waals surface area contributed by atoms with Crippen LogP contribution in [-0.2, 0) is 0 Å². The van der Waals surface area contributed by atoms with Crippen molar-refractivity contribution in [3.63, 3.8) is 0 Å². The maximum absolute atomic E-state index is 5.31. The van der Waals surface area contributed by atoms with Crippen LogP contribution in [0.3, 0.4) is 0 Å². The molecule has 0 aliphatic carbocycles. The van der Waals surface area contributed by atoms with Gasteiger partial charge in [0, 0.05) is 18.0 Å². The van der Waals surface area contributed by atoms with Crippen LogP contribution in [0, 0.1) is 0 Å². The molecule has 0 saturated heterocycles. The summed E-state index contributed by atoms with van der Waals surface area (Å²) in [5.41, 5.74) is 1.33. The van der Waals surface area contributed by atoms with Crippen LogP contribution in [0.25, 0.3) is 0 Å². The van der Waals surface area contributed by atoms with Gasteiger partial charge in [-0.15, -0.1) is 0 Å². The van der Waals surface area contributed by atoms with Crippen molar-refractivity contribution in [2.75, 3.05) is 18.0 Å². The second kappa shape index (κ2) is 5.98. The third-order valence-corrected chi connectivity index (χ3v) is 5.41. The highest BCUT2D eigenvalue weighted by Gasteiger charge is 2.29. The summed E-state index contributed by atoms with van der Waals surface area (Å²) in [5.74, 6) is 0. The molecule has 0 fully saturated rings. The minimum absolute atomic E-state index is 0.365. The number of para-hydroxylation sites is 1. The zero-order valence-electron chi connectivity index (χ0n) is 9.97. The van der Waals surface area contributed by atoms with Crippen LogP contribution < -0.4 is 10.2 Å². The smallest absolute Gasteiger partial charge is 0.136 e. The number of benzene rings is 1. The van der Waals surface area contributed by atoms with Gasteiger partial charge in [-0.3, -0.25) is 0 Å². The van der Waals surface area contributed by atoms with Crippen molar-refractivity contribution in [1.82, 2.24) is 5.32 Å². The van der Waals surface area contributed by atoms with Gasteiger partial charge in [0.25, 0.3) is 0 Å². The Kier molecular flexibility index (Phi) is 4.59. The van der Waals surface area contributed by atoms with Crippen LogP contribution in [0.4, 0.5) is 5.69 Å². The van der Waals surface area contributed by atoms with Crippen LogP contribution in [0.15, 0.2) is 29.2 Å². The number of fused-ring (bicyclic) bond motifs is 1. The van der Waals surface area contributed by atoms with Gasteiger partial charge in [0.2, 0.25) is 0 Å². The van der Waals surface area contributed by atoms with Crippen molar-refractivity contribution < 1.29 is 0 Å². The molecule has 1 N–H and O–H groups in total. The molecule has 0 saturated carbocycles. The molecule has 0 aromatic heterocycles. The summed E-state index contributed by atoms with van der Waals surface area (Å²) in [5, 5.41) is 3.20. The van der Waals surface area contributed by atoms with Crippen molar-refractivity contribution >= 4 is 45.7 Å². The summed E-state index contributed by atoms with van der Waals surface area (Å²) in [6.45, 7) is 6.16. The minimum atomic E-state index is 0.365. The third-order valence-electron chi connectivity index (χ3n) is 2.53. The molecule has 17 heavy (non-hydrogen) atoms. The lowest BCUT2D eigenvalue weighted by atomic mass is 10.3. The Labute approximate surface area is 117 Å². The summed E-state index contributed by atoms with van der Waals surface area (Å²) in [6, 6.07) is 8.55. The van der Waals surface area contributed by atoms with E-state index in [2.05, 4.69) is 48.3 Å². The first-order chi connectivity index (χ1) is 8.26. The average molecular weight is 284 g/mol. The summed E-state index contributed by atoms with van der Waals surface area (Å²) in [4.78, 5) is 3.75. The van der Waals surface area contributed by atoms with Gasteiger partial charge in [-0.2, -0.15) is 0 Å². The van der Waals surface area contributed by atoms with Gasteiger partial charge < -0.3 is 10.2 Å². The van der Waals surface area contributed by atoms with E-state index in [1.54, 1.807) is 11.8 Å². The maximum atomic E-state index is 5.31. The first-order valence-electron chi connectivity index (χ1n) is 5.73. The molecule has 0 radical (unpaired) electrons. The Bertz CT molecular complexity index is 408. The van der Waals surface area contributed by atoms with Gasteiger partial charge in [-0.25, -0.2) is 0 Å². The van der Waals surface area contributed by atoms with E-state index in [4.69, 9.17) is 12.2 Å². The quantitative estimate of drug-likeness (QED) is 0.852. The van der Waals surface area contributed by atoms with E-state index in [1.165, 1.54) is 10.6 Å². The largest absolute Gasteiger partial charge is 0.371 e. The Morgan fingerprint density at radius 1 is 1.47 bits per heavy atom. The normalized spacial score (nSPS) is 18.0. The number of hydrogen-bond donors (Lipinski definition) is 1. The Morgan fingerprint density at radius 3 is 2.94 bits per heavy atom. The van der Waals surface area contributed by atoms with Crippen LogP contribution >= 0.6 is 35.7 Å². The van der Waals surface area contributed by atoms with E-state index in [-0.39, 0.29) is 0 Å². The van der Waals surface area contributed by atoms with Crippen molar-refractivity contribution in [3.8, 4) is 0 Å². The molecular weight excluding hydrogens is 268 g/mol. The Hall–Kier alpha value is -0.390. The van der Waals surface area contributed by atoms with Gasteiger partial charge in [-0.1, -0.05) is 47.9 Å². The molecule has 92 valence electrons. The molecule has 2 nitrogen and oxygen atoms in total. The lowest BCUT2D eigenvalue weighted by molar-refractivity contribution is 0.924. The molecule has 5 heteroatoms. The van der Waals surface area contributed by atoms with Crippen molar-refractivity contribution in [3.05, 3.63) is 24.3 Å². The van der Waals surface area contributed by atoms with E-state index in [1.807, 2.05) is 11.8 Å². The molecule has 0 amide bonds. The van der Waals surface area contributed by atoms with Crippen molar-refractivity contribution in [2.24, 2.45) is 0 Å². The molecular formula is C12H16N2S3. The molecule has 1 aliphatic rings. The SMILES string of the molecule is CCNC(=S)SC1Sc2ccccc2N1CC. The highest BCUT2D eigenvalue weighted by Crippen LogP contribution is 2.47. The Balaban J connectivity index is 2.09. The molecule has 0 bridgehead atoms. The second-order valence-electron chi connectivity index (χ2n) is 3.61. The van der Waals surface area contributed by atoms with Crippen molar-refractivity contribution in [2.45, 2.75) is 23.4 Å². The predicted molar refractivity (Wildman–Crippen MR) is 83.0 cm³/mol. The van der Waals surface area contributed by atoms with E-state index >= 15 is 0 Å². The van der Waals surface area contributed by atoms with Gasteiger partial charge in [0.15, 0.2) is 0 Å². The van der Waals surface area contributed by atoms with Crippen LogP contribution in [0.2, 0.25) is 0 Å². The molecule has 2 rings (SSSR count). The van der Waals surface area contributed by atoms with E-state index in [0.717, 1.165) is 17.4 Å². The van der Waals surface area contributed by atoms with E-state index in [0.29, 0.717) is 4.71 Å². The predicted octanol–water partition coefficient (Wildman–Crippen LogP) is 3.53. The molecule has 0 spiro atoms. The highest BCUT2D eigenvalue weighted by molar-refractivity contribution is 8.30. The first-order valence-corrected chi connectivity index (χ1v) is 7.89. The fourth-order valence-electron chi connectivity index (χ4n) is 1.76. The van der Waals surface area contributed by atoms with Gasteiger partial charge in [0.05, 0.1) is 5.69 Å². The summed E-state index contributed by atoms with van der Waals surface area (Å²) >= 11 is 8.93. The number of thioether (sulfide) groups is 2. The topological polar surface area (TPSA) is 15.3 Å². The molecule has 1 aromatic rings. The minimum Gasteiger partial charge on any atom is -0.371 e. The standard InChI is InChI=1S/C12H16N2S3/c1-3-13-11(15)17-12-14(4-2)9-7-5-6-8-10(9)16-12/h5-8,12H,3-4H2,1-2H3,(H,13,15). The van der Waals surface area contributed by atoms with Gasteiger partial charge in [-0.05, 0) is 26.0 Å². The second-order valence-corrected chi connectivity index (χ2v) is 6.79. The summed E-state index contributed by atoms with van der Waals surface area (Å²) in [7, 11) is 0. The number of rotatable bonds is 3. The van der Waals surface area contributed by atoms with Crippen LogP contribution in [0.5, 0.6) is 0 Å². The zero-order chi connectivity index (χ0) is 12.3. The summed E-state index contributed by atoms with van der Waals surface area (Å²) in [6.07, 6.45) is 0. The number of thiocarbonyl (C=S) groups is 1. The molecule has 1 unspecified atom stereocenters. The van der Waals surface area contributed by atoms with E-state index in [9.17, 15) is 0 Å². The van der Waals surface area contributed by atoms with Gasteiger partial charge >= 0.3 is 0 Å². The molecule has 1 atom stereocenters.